The Bertz CT molecular complexity index is 898. The topological polar surface area (TPSA) is 49.8 Å². The summed E-state index contributed by atoms with van der Waals surface area (Å²) in [5.74, 6) is 0.704. The molecule has 5 heteroatoms. The summed E-state index contributed by atoms with van der Waals surface area (Å²) in [6.07, 6.45) is 0. The van der Waals surface area contributed by atoms with Gasteiger partial charge in [0.1, 0.15) is 11.6 Å². The normalized spacial score (nSPS) is 10.6. The minimum absolute atomic E-state index is 0.321. The van der Waals surface area contributed by atoms with Crippen LogP contribution in [0.15, 0.2) is 42.5 Å². The van der Waals surface area contributed by atoms with Crippen LogP contribution in [-0.2, 0) is 0 Å². The van der Waals surface area contributed by atoms with E-state index < -0.39 is 0 Å². The Kier molecular flexibility index (Phi) is 4.65. The fourth-order valence-corrected chi connectivity index (χ4v) is 2.88. The van der Waals surface area contributed by atoms with Crippen LogP contribution in [0.1, 0.15) is 22.4 Å². The maximum Gasteiger partial charge on any atom is 0.229 e. The first-order chi connectivity index (χ1) is 11.9. The Hall–Kier alpha value is -2.95. The van der Waals surface area contributed by atoms with Crippen molar-refractivity contribution in [1.82, 2.24) is 9.97 Å². The van der Waals surface area contributed by atoms with Crippen molar-refractivity contribution in [3.8, 4) is 0 Å². The quantitative estimate of drug-likeness (QED) is 0.675. The van der Waals surface area contributed by atoms with Gasteiger partial charge in [-0.1, -0.05) is 29.8 Å². The van der Waals surface area contributed by atoms with Gasteiger partial charge in [0, 0.05) is 17.4 Å². The third-order valence-corrected chi connectivity index (χ3v) is 3.90. The van der Waals surface area contributed by atoms with E-state index in [-0.39, 0.29) is 5.82 Å². The molecule has 3 rings (SSSR count). The number of nitrogens with one attached hydrogen (secondary N) is 2. The Morgan fingerprint density at radius 3 is 2.20 bits per heavy atom. The minimum Gasteiger partial charge on any atom is -0.338 e. The largest absolute Gasteiger partial charge is 0.338 e. The third-order valence-electron chi connectivity index (χ3n) is 3.90. The van der Waals surface area contributed by atoms with Gasteiger partial charge in [-0.15, -0.1) is 0 Å². The molecule has 2 aromatic carbocycles. The van der Waals surface area contributed by atoms with Crippen molar-refractivity contribution in [3.63, 3.8) is 0 Å². The number of aryl methyl sites for hydroxylation is 4. The van der Waals surface area contributed by atoms with E-state index >= 15 is 0 Å². The average Bonchev–Trinajstić information content (AvgIpc) is 2.52. The van der Waals surface area contributed by atoms with E-state index in [0.29, 0.717) is 17.5 Å². The number of benzene rings is 2. The molecule has 0 bridgehead atoms. The summed E-state index contributed by atoms with van der Waals surface area (Å²) in [5.41, 5.74) is 5.64. The molecule has 0 unspecified atom stereocenters. The summed E-state index contributed by atoms with van der Waals surface area (Å²) >= 11 is 0. The van der Waals surface area contributed by atoms with Gasteiger partial charge < -0.3 is 10.6 Å². The molecule has 0 atom stereocenters. The lowest BCUT2D eigenvalue weighted by Crippen LogP contribution is -2.05. The predicted octanol–water partition coefficient (Wildman–Crippen LogP) is 5.34. The van der Waals surface area contributed by atoms with E-state index in [1.807, 2.05) is 6.92 Å². The highest BCUT2D eigenvalue weighted by Crippen LogP contribution is 2.26. The van der Waals surface area contributed by atoms with Crippen LogP contribution in [0.25, 0.3) is 0 Å². The summed E-state index contributed by atoms with van der Waals surface area (Å²) in [7, 11) is 0. The van der Waals surface area contributed by atoms with E-state index in [9.17, 15) is 4.39 Å². The van der Waals surface area contributed by atoms with E-state index in [4.69, 9.17) is 0 Å². The Morgan fingerprint density at radius 1 is 0.840 bits per heavy atom. The lowest BCUT2D eigenvalue weighted by molar-refractivity contribution is 0.632. The number of para-hydroxylation sites is 1. The van der Waals surface area contributed by atoms with Crippen molar-refractivity contribution < 1.29 is 4.39 Å². The van der Waals surface area contributed by atoms with Crippen LogP contribution in [0.3, 0.4) is 0 Å². The summed E-state index contributed by atoms with van der Waals surface area (Å²) < 4.78 is 13.8. The molecule has 25 heavy (non-hydrogen) atoms. The van der Waals surface area contributed by atoms with Crippen LogP contribution < -0.4 is 10.6 Å². The molecule has 1 aromatic heterocycles. The number of rotatable bonds is 4. The van der Waals surface area contributed by atoms with Crippen molar-refractivity contribution >= 4 is 23.1 Å². The first-order valence-corrected chi connectivity index (χ1v) is 8.14. The lowest BCUT2D eigenvalue weighted by atomic mass is 10.1. The summed E-state index contributed by atoms with van der Waals surface area (Å²) in [4.78, 5) is 8.91. The highest BCUT2D eigenvalue weighted by Gasteiger charge is 2.09. The Labute approximate surface area is 147 Å². The molecule has 0 amide bonds. The number of anilines is 4. The molecular formula is C20H21FN4. The fourth-order valence-electron chi connectivity index (χ4n) is 2.88. The van der Waals surface area contributed by atoms with Crippen molar-refractivity contribution in [3.05, 3.63) is 70.7 Å². The number of hydrogen-bond donors (Lipinski definition) is 2. The van der Waals surface area contributed by atoms with Crippen LogP contribution in [0.2, 0.25) is 0 Å². The van der Waals surface area contributed by atoms with E-state index in [1.165, 1.54) is 11.6 Å². The molecule has 1 heterocycles. The predicted molar refractivity (Wildman–Crippen MR) is 100 cm³/mol. The zero-order valence-corrected chi connectivity index (χ0v) is 14.8. The summed E-state index contributed by atoms with van der Waals surface area (Å²) in [5, 5.41) is 6.30. The first-order valence-electron chi connectivity index (χ1n) is 8.14. The van der Waals surface area contributed by atoms with E-state index in [1.54, 1.807) is 24.3 Å². The molecule has 3 aromatic rings. The fraction of sp³-hybridized carbons (Fsp3) is 0.200. The maximum absolute atomic E-state index is 13.8. The smallest absolute Gasteiger partial charge is 0.229 e. The van der Waals surface area contributed by atoms with Crippen LogP contribution in [0.4, 0.5) is 27.5 Å². The SMILES string of the molecule is Cc1cc(C)c(Nc2nc(C)cc(Nc3ccccc3F)n2)c(C)c1. The molecule has 0 saturated heterocycles. The van der Waals surface area contributed by atoms with Gasteiger partial charge in [0.25, 0.3) is 0 Å². The standard InChI is InChI=1S/C20H21FN4/c1-12-9-13(2)19(14(3)10-12)25-20-22-15(4)11-18(24-20)23-17-8-6-5-7-16(17)21/h5-11H,1-4H3,(H2,22,23,24,25). The molecule has 0 radical (unpaired) electrons. The Balaban J connectivity index is 1.91. The molecular weight excluding hydrogens is 315 g/mol. The zero-order chi connectivity index (χ0) is 18.0. The second-order valence-electron chi connectivity index (χ2n) is 6.22. The van der Waals surface area contributed by atoms with Gasteiger partial charge in [-0.3, -0.25) is 0 Å². The lowest BCUT2D eigenvalue weighted by Gasteiger charge is -2.14. The second kappa shape index (κ2) is 6.89. The van der Waals surface area contributed by atoms with Crippen LogP contribution in [0, 0.1) is 33.5 Å². The van der Waals surface area contributed by atoms with Crippen molar-refractivity contribution in [2.75, 3.05) is 10.6 Å². The molecule has 0 spiro atoms. The third kappa shape index (κ3) is 3.94. The minimum atomic E-state index is -0.321. The average molecular weight is 336 g/mol. The van der Waals surface area contributed by atoms with Gasteiger partial charge in [0.2, 0.25) is 5.95 Å². The highest BCUT2D eigenvalue weighted by molar-refractivity contribution is 5.65. The number of halogens is 1. The molecule has 2 N–H and O–H groups in total. The van der Waals surface area contributed by atoms with Crippen LogP contribution in [-0.4, -0.2) is 9.97 Å². The molecule has 0 aliphatic carbocycles. The number of nitrogens with zero attached hydrogens (tertiary/aromatic N) is 2. The van der Waals surface area contributed by atoms with Gasteiger partial charge in [-0.2, -0.15) is 4.98 Å². The Morgan fingerprint density at radius 2 is 1.52 bits per heavy atom. The molecule has 128 valence electrons. The molecule has 0 aliphatic rings. The van der Waals surface area contributed by atoms with Gasteiger partial charge in [-0.25, -0.2) is 9.37 Å². The van der Waals surface area contributed by atoms with E-state index in [2.05, 4.69) is 53.5 Å². The van der Waals surface area contributed by atoms with Crippen molar-refractivity contribution in [2.45, 2.75) is 27.7 Å². The molecule has 0 aliphatic heterocycles. The molecule has 4 nitrogen and oxygen atoms in total. The summed E-state index contributed by atoms with van der Waals surface area (Å²) in [6.45, 7) is 8.06. The van der Waals surface area contributed by atoms with Crippen molar-refractivity contribution in [2.24, 2.45) is 0 Å². The molecule has 0 saturated carbocycles. The highest BCUT2D eigenvalue weighted by atomic mass is 19.1. The first kappa shape index (κ1) is 16.9. The van der Waals surface area contributed by atoms with Gasteiger partial charge in [-0.05, 0) is 51.0 Å². The zero-order valence-electron chi connectivity index (χ0n) is 14.8. The molecule has 0 fully saturated rings. The van der Waals surface area contributed by atoms with Gasteiger partial charge in [0.05, 0.1) is 5.69 Å². The second-order valence-corrected chi connectivity index (χ2v) is 6.22. The monoisotopic (exact) mass is 336 g/mol. The van der Waals surface area contributed by atoms with Crippen LogP contribution in [0.5, 0.6) is 0 Å². The van der Waals surface area contributed by atoms with Gasteiger partial charge >= 0.3 is 0 Å². The van der Waals surface area contributed by atoms with Gasteiger partial charge in [0.15, 0.2) is 0 Å². The maximum atomic E-state index is 13.8. The number of hydrogen-bond acceptors (Lipinski definition) is 4. The number of aromatic nitrogens is 2. The van der Waals surface area contributed by atoms with Crippen molar-refractivity contribution in [1.29, 1.82) is 0 Å². The van der Waals surface area contributed by atoms with Crippen LogP contribution >= 0.6 is 0 Å². The van der Waals surface area contributed by atoms with E-state index in [0.717, 1.165) is 22.5 Å². The summed E-state index contributed by atoms with van der Waals surface area (Å²) in [6, 6.07) is 12.5.